The van der Waals surface area contributed by atoms with E-state index in [-0.39, 0.29) is 27.6 Å². The zero-order chi connectivity index (χ0) is 33.2. The van der Waals surface area contributed by atoms with E-state index in [1.165, 1.54) is 11.1 Å². The molecule has 2 atom stereocenters. The lowest BCUT2D eigenvalue weighted by Crippen LogP contribution is -2.17. The fourth-order valence-corrected chi connectivity index (χ4v) is 6.64. The Morgan fingerprint density at radius 2 is 1.18 bits per heavy atom. The fourth-order valence-electron chi connectivity index (χ4n) is 5.75. The molecule has 0 amide bonds. The van der Waals surface area contributed by atoms with Crippen LogP contribution in [0.15, 0.2) is 42.5 Å². The smallest absolute Gasteiger partial charge is 0.418 e. The largest absolute Gasteiger partial charge is 0.425 e. The molecule has 5 nitrogen and oxygen atoms in total. The number of benzene rings is 3. The third-order valence-electron chi connectivity index (χ3n) is 8.39. The van der Waals surface area contributed by atoms with E-state index in [0.717, 1.165) is 33.4 Å². The molecule has 3 aromatic carbocycles. The predicted molar refractivity (Wildman–Crippen MR) is 181 cm³/mol. The molecular formula is C38H51O5P. The van der Waals surface area contributed by atoms with Crippen LogP contribution in [0.4, 0.5) is 0 Å². The minimum atomic E-state index is -2.94. The van der Waals surface area contributed by atoms with Gasteiger partial charge < -0.3 is 13.8 Å². The Balaban J connectivity index is 1.68. The van der Waals surface area contributed by atoms with Crippen molar-refractivity contribution in [3.05, 3.63) is 87.0 Å². The van der Waals surface area contributed by atoms with Gasteiger partial charge in [-0.25, -0.2) is 4.57 Å². The van der Waals surface area contributed by atoms with Crippen LogP contribution in [0.3, 0.4) is 0 Å². The van der Waals surface area contributed by atoms with Gasteiger partial charge in [-0.2, -0.15) is 0 Å². The van der Waals surface area contributed by atoms with Crippen LogP contribution in [-0.2, 0) is 31.0 Å². The molecule has 0 bridgehead atoms. The van der Waals surface area contributed by atoms with Gasteiger partial charge in [0.25, 0.3) is 0 Å². The number of aryl methyl sites for hydroxylation is 2. The molecule has 0 fully saturated rings. The summed E-state index contributed by atoms with van der Waals surface area (Å²) in [5, 5.41) is 0. The SMILES string of the molecule is Cc1cc(C2C(=O)Oc3c2cc(C(C)(C)C)cc3C(C)(C)C)cc(C)c1O[PH](=O)Oc1ccc(C(C)(C)C)cc1C(C)(C)C. The van der Waals surface area contributed by atoms with Crippen LogP contribution in [0.2, 0.25) is 0 Å². The van der Waals surface area contributed by atoms with E-state index < -0.39 is 14.2 Å². The van der Waals surface area contributed by atoms with Crippen molar-refractivity contribution in [2.45, 2.75) is 125 Å². The highest BCUT2D eigenvalue weighted by Gasteiger charge is 2.40. The third kappa shape index (κ3) is 6.94. The van der Waals surface area contributed by atoms with E-state index in [2.05, 4.69) is 101 Å². The van der Waals surface area contributed by atoms with Crippen LogP contribution in [0.25, 0.3) is 0 Å². The Kier molecular flexibility index (Phi) is 8.76. The highest BCUT2D eigenvalue weighted by molar-refractivity contribution is 7.34. The summed E-state index contributed by atoms with van der Waals surface area (Å²) in [4.78, 5) is 13.4. The molecule has 0 saturated carbocycles. The minimum Gasteiger partial charge on any atom is -0.425 e. The van der Waals surface area contributed by atoms with E-state index in [1.807, 2.05) is 38.1 Å². The first-order valence-electron chi connectivity index (χ1n) is 15.5. The number of ether oxygens (including phenoxy) is 1. The van der Waals surface area contributed by atoms with Gasteiger partial charge in [0.1, 0.15) is 23.2 Å². The highest BCUT2D eigenvalue weighted by Crippen LogP contribution is 2.48. The van der Waals surface area contributed by atoms with Crippen molar-refractivity contribution >= 4 is 14.2 Å². The Morgan fingerprint density at radius 3 is 1.68 bits per heavy atom. The first kappa shape index (κ1) is 33.8. The normalized spacial score (nSPS) is 16.4. The molecule has 1 heterocycles. The second-order valence-corrected chi connectivity index (χ2v) is 17.4. The van der Waals surface area contributed by atoms with Gasteiger partial charge in [-0.3, -0.25) is 4.79 Å². The van der Waals surface area contributed by atoms with Gasteiger partial charge >= 0.3 is 14.2 Å². The summed E-state index contributed by atoms with van der Waals surface area (Å²) >= 11 is 0. The van der Waals surface area contributed by atoms with Gasteiger partial charge in [0.05, 0.1) is 0 Å². The molecule has 1 aliphatic heterocycles. The van der Waals surface area contributed by atoms with Gasteiger partial charge in [-0.05, 0) is 69.4 Å². The summed E-state index contributed by atoms with van der Waals surface area (Å²) in [6.45, 7) is 29.7. The topological polar surface area (TPSA) is 61.8 Å². The lowest BCUT2D eigenvalue weighted by molar-refractivity contribution is -0.133. The van der Waals surface area contributed by atoms with Crippen LogP contribution in [0.5, 0.6) is 17.2 Å². The Hall–Kier alpha value is -3.04. The number of carbonyl (C=O) groups excluding carboxylic acids is 1. The van der Waals surface area contributed by atoms with Crippen LogP contribution < -0.4 is 13.8 Å². The second kappa shape index (κ2) is 11.4. The van der Waals surface area contributed by atoms with Crippen molar-refractivity contribution in [3.63, 3.8) is 0 Å². The van der Waals surface area contributed by atoms with E-state index in [0.29, 0.717) is 17.2 Å². The number of hydrogen-bond donors (Lipinski definition) is 0. The van der Waals surface area contributed by atoms with Crippen molar-refractivity contribution < 1.29 is 23.1 Å². The second-order valence-electron chi connectivity index (χ2n) is 16.4. The van der Waals surface area contributed by atoms with Crippen molar-refractivity contribution in [1.82, 2.24) is 0 Å². The van der Waals surface area contributed by atoms with E-state index in [4.69, 9.17) is 13.8 Å². The van der Waals surface area contributed by atoms with Crippen LogP contribution in [-0.4, -0.2) is 5.97 Å². The molecule has 4 rings (SSSR count). The molecule has 44 heavy (non-hydrogen) atoms. The molecule has 0 spiro atoms. The number of hydrogen-bond acceptors (Lipinski definition) is 5. The maximum absolute atomic E-state index is 13.4. The molecule has 0 radical (unpaired) electrons. The summed E-state index contributed by atoms with van der Waals surface area (Å²) in [5.74, 6) is 0.905. The maximum Gasteiger partial charge on any atom is 0.418 e. The minimum absolute atomic E-state index is 0.0227. The number of carbonyl (C=O) groups is 1. The first-order chi connectivity index (χ1) is 20.0. The zero-order valence-electron chi connectivity index (χ0n) is 29.2. The van der Waals surface area contributed by atoms with Crippen molar-refractivity contribution in [2.75, 3.05) is 0 Å². The monoisotopic (exact) mass is 618 g/mol. The third-order valence-corrected chi connectivity index (χ3v) is 9.15. The number of esters is 1. The van der Waals surface area contributed by atoms with E-state index in [9.17, 15) is 9.36 Å². The van der Waals surface area contributed by atoms with Crippen molar-refractivity contribution in [3.8, 4) is 17.2 Å². The average Bonchev–Trinajstić information content (AvgIpc) is 3.18. The van der Waals surface area contributed by atoms with Gasteiger partial charge in [-0.15, -0.1) is 0 Å². The Morgan fingerprint density at radius 1 is 0.659 bits per heavy atom. The molecule has 0 N–H and O–H groups in total. The maximum atomic E-state index is 13.4. The first-order valence-corrected chi connectivity index (χ1v) is 16.8. The number of fused-ring (bicyclic) bond motifs is 1. The average molecular weight is 619 g/mol. The Labute approximate surface area is 265 Å². The summed E-state index contributed by atoms with van der Waals surface area (Å²) in [7, 11) is -2.94. The number of rotatable bonds is 5. The lowest BCUT2D eigenvalue weighted by atomic mass is 9.77. The molecule has 0 saturated heterocycles. The lowest BCUT2D eigenvalue weighted by Gasteiger charge is -2.27. The standard InChI is InChI=1S/C38H51O5P/c1-22-17-24(31-27-19-26(36(6,7)8)21-29(38(12,13)14)33(27)41-34(31)39)18-23(2)32(22)43-44(40)42-30-16-15-25(35(3,4)5)20-28(30)37(9,10)11/h15-21,31,44H,1-14H3. The van der Waals surface area contributed by atoms with Crippen molar-refractivity contribution in [1.29, 1.82) is 0 Å². The molecular weight excluding hydrogens is 567 g/mol. The van der Waals surface area contributed by atoms with E-state index in [1.54, 1.807) is 0 Å². The van der Waals surface area contributed by atoms with Gasteiger partial charge in [-0.1, -0.05) is 119 Å². The zero-order valence-corrected chi connectivity index (χ0v) is 30.2. The summed E-state index contributed by atoms with van der Waals surface area (Å²) in [6.07, 6.45) is 0. The summed E-state index contributed by atoms with van der Waals surface area (Å²) in [6, 6.07) is 14.3. The fraction of sp³-hybridized carbons (Fsp3) is 0.500. The van der Waals surface area contributed by atoms with Gasteiger partial charge in [0.2, 0.25) is 0 Å². The van der Waals surface area contributed by atoms with Gasteiger partial charge in [0.15, 0.2) is 0 Å². The molecule has 6 heteroatoms. The summed E-state index contributed by atoms with van der Waals surface area (Å²) in [5.41, 5.74) is 7.13. The van der Waals surface area contributed by atoms with Crippen LogP contribution >= 0.6 is 8.25 Å². The Bertz CT molecular complexity index is 1600. The summed E-state index contributed by atoms with van der Waals surface area (Å²) < 4.78 is 31.3. The van der Waals surface area contributed by atoms with E-state index >= 15 is 0 Å². The molecule has 3 aromatic rings. The molecule has 0 aliphatic carbocycles. The molecule has 0 aromatic heterocycles. The highest BCUT2D eigenvalue weighted by atomic mass is 31.1. The van der Waals surface area contributed by atoms with Crippen LogP contribution in [0.1, 0.15) is 134 Å². The predicted octanol–water partition coefficient (Wildman–Crippen LogP) is 10.4. The quantitative estimate of drug-likeness (QED) is 0.162. The van der Waals surface area contributed by atoms with Crippen molar-refractivity contribution in [2.24, 2.45) is 0 Å². The van der Waals surface area contributed by atoms with Gasteiger partial charge in [0, 0.05) is 16.7 Å². The molecule has 1 aliphatic rings. The van der Waals surface area contributed by atoms with Crippen LogP contribution in [0, 0.1) is 13.8 Å². The molecule has 238 valence electrons. The molecule has 2 unspecified atom stereocenters.